The molecular formula is C13H13ClF3NS. The Labute approximate surface area is 119 Å². The summed E-state index contributed by atoms with van der Waals surface area (Å²) >= 11 is 6.56. The normalized spacial score (nSPS) is 23.6. The molecule has 0 amide bonds. The Hall–Kier alpha value is -0.680. The second kappa shape index (κ2) is 5.37. The van der Waals surface area contributed by atoms with Crippen LogP contribution >= 0.6 is 23.5 Å². The van der Waals surface area contributed by atoms with Gasteiger partial charge in [0.05, 0.1) is 5.71 Å². The Kier molecular flexibility index (Phi) is 4.16. The molecule has 0 aliphatic carbocycles. The van der Waals surface area contributed by atoms with E-state index in [1.807, 2.05) is 6.92 Å². The van der Waals surface area contributed by atoms with Crippen molar-refractivity contribution in [2.45, 2.75) is 31.7 Å². The fourth-order valence-corrected chi connectivity index (χ4v) is 3.34. The van der Waals surface area contributed by atoms with Crippen LogP contribution < -0.4 is 0 Å². The van der Waals surface area contributed by atoms with Crippen molar-refractivity contribution in [3.05, 3.63) is 34.3 Å². The average molecular weight is 308 g/mol. The first-order valence-electron chi connectivity index (χ1n) is 5.91. The van der Waals surface area contributed by atoms with Crippen LogP contribution in [-0.2, 0) is 0 Å². The summed E-state index contributed by atoms with van der Waals surface area (Å²) in [6.45, 7) is 3.59. The fraction of sp³-hybridized carbons (Fsp3) is 0.462. The second-order valence-electron chi connectivity index (χ2n) is 4.52. The number of hydrogen-bond acceptors (Lipinski definition) is 2. The molecule has 0 radical (unpaired) electrons. The van der Waals surface area contributed by atoms with E-state index in [-0.39, 0.29) is 0 Å². The highest BCUT2D eigenvalue weighted by Gasteiger charge is 2.49. The van der Waals surface area contributed by atoms with Gasteiger partial charge in [-0.3, -0.25) is 0 Å². The van der Waals surface area contributed by atoms with Crippen molar-refractivity contribution < 1.29 is 13.2 Å². The first kappa shape index (κ1) is 14.7. The summed E-state index contributed by atoms with van der Waals surface area (Å²) in [5.41, 5.74) is 2.10. The van der Waals surface area contributed by atoms with Gasteiger partial charge < -0.3 is 0 Å². The number of halogens is 4. The van der Waals surface area contributed by atoms with E-state index >= 15 is 0 Å². The third-order valence-electron chi connectivity index (χ3n) is 3.20. The van der Waals surface area contributed by atoms with E-state index in [1.165, 1.54) is 0 Å². The smallest absolute Gasteiger partial charge is 0.220 e. The SMILES string of the molecule is CCC1C(c2ccc(Cl)c(C)c2)=NSC1C(F)(F)F. The average Bonchev–Trinajstić information content (AvgIpc) is 2.76. The van der Waals surface area contributed by atoms with Crippen LogP contribution in [0.1, 0.15) is 24.5 Å². The first-order chi connectivity index (χ1) is 8.84. The second-order valence-corrected chi connectivity index (χ2v) is 5.83. The highest BCUT2D eigenvalue weighted by atomic mass is 35.5. The molecule has 0 saturated heterocycles. The summed E-state index contributed by atoms with van der Waals surface area (Å²) in [5, 5.41) is -0.834. The minimum Gasteiger partial charge on any atom is -0.220 e. The molecule has 1 nitrogen and oxygen atoms in total. The van der Waals surface area contributed by atoms with Gasteiger partial charge in [-0.2, -0.15) is 13.2 Å². The molecule has 2 atom stereocenters. The van der Waals surface area contributed by atoms with Gasteiger partial charge in [0, 0.05) is 10.9 Å². The van der Waals surface area contributed by atoms with Gasteiger partial charge in [0.2, 0.25) is 0 Å². The summed E-state index contributed by atoms with van der Waals surface area (Å²) in [6, 6.07) is 5.23. The molecule has 0 saturated carbocycles. The molecule has 1 heterocycles. The maximum Gasteiger partial charge on any atom is 0.403 e. The van der Waals surface area contributed by atoms with Gasteiger partial charge in [0.15, 0.2) is 0 Å². The summed E-state index contributed by atoms with van der Waals surface area (Å²) in [4.78, 5) is 0. The molecule has 1 aromatic carbocycles. The Morgan fingerprint density at radius 1 is 1.37 bits per heavy atom. The van der Waals surface area contributed by atoms with Gasteiger partial charge in [0.25, 0.3) is 0 Å². The lowest BCUT2D eigenvalue weighted by molar-refractivity contribution is -0.133. The van der Waals surface area contributed by atoms with E-state index in [1.54, 1.807) is 25.1 Å². The molecule has 0 fully saturated rings. The zero-order chi connectivity index (χ0) is 14.2. The van der Waals surface area contributed by atoms with Crippen LogP contribution in [0.3, 0.4) is 0 Å². The largest absolute Gasteiger partial charge is 0.403 e. The fourth-order valence-electron chi connectivity index (χ4n) is 2.16. The Morgan fingerprint density at radius 3 is 2.58 bits per heavy atom. The molecule has 0 aromatic heterocycles. The molecule has 104 valence electrons. The topological polar surface area (TPSA) is 12.4 Å². The number of nitrogens with zero attached hydrogens (tertiary/aromatic N) is 1. The van der Waals surface area contributed by atoms with Gasteiger partial charge in [-0.05, 0) is 48.6 Å². The Morgan fingerprint density at radius 2 is 2.05 bits per heavy atom. The first-order valence-corrected chi connectivity index (χ1v) is 7.13. The molecule has 6 heteroatoms. The molecule has 1 aliphatic rings. The van der Waals surface area contributed by atoms with Crippen molar-refractivity contribution in [3.63, 3.8) is 0 Å². The third kappa shape index (κ3) is 2.92. The van der Waals surface area contributed by atoms with E-state index in [0.29, 0.717) is 29.1 Å². The summed E-state index contributed by atoms with van der Waals surface area (Å²) < 4.78 is 42.8. The number of benzene rings is 1. The van der Waals surface area contributed by atoms with Crippen LogP contribution in [0.5, 0.6) is 0 Å². The number of rotatable bonds is 2. The standard InChI is InChI=1S/C13H13ClF3NS/c1-3-9-11(18-19-12(9)13(15,16)17)8-4-5-10(14)7(2)6-8/h4-6,9,12H,3H2,1-2H3. The number of hydrogen-bond donors (Lipinski definition) is 0. The zero-order valence-electron chi connectivity index (χ0n) is 10.5. The third-order valence-corrected chi connectivity index (χ3v) is 4.75. The van der Waals surface area contributed by atoms with Crippen LogP contribution in [0.25, 0.3) is 0 Å². The van der Waals surface area contributed by atoms with E-state index < -0.39 is 17.3 Å². The van der Waals surface area contributed by atoms with Crippen molar-refractivity contribution >= 4 is 29.3 Å². The van der Waals surface area contributed by atoms with E-state index in [9.17, 15) is 13.2 Å². The maximum atomic E-state index is 12.9. The monoisotopic (exact) mass is 307 g/mol. The molecule has 0 N–H and O–H groups in total. The van der Waals surface area contributed by atoms with Crippen LogP contribution in [0.2, 0.25) is 5.02 Å². The quantitative estimate of drug-likeness (QED) is 0.696. The minimum absolute atomic E-state index is 0.414. The highest BCUT2D eigenvalue weighted by molar-refractivity contribution is 7.99. The maximum absolute atomic E-state index is 12.9. The van der Waals surface area contributed by atoms with Gasteiger partial charge in [0.1, 0.15) is 5.25 Å². The molecule has 0 spiro atoms. The zero-order valence-corrected chi connectivity index (χ0v) is 12.0. The number of aryl methyl sites for hydroxylation is 1. The van der Waals surface area contributed by atoms with Crippen molar-refractivity contribution in [2.24, 2.45) is 10.3 Å². The Balaban J connectivity index is 2.33. The summed E-state index contributed by atoms with van der Waals surface area (Å²) in [5.74, 6) is -0.592. The molecular weight excluding hydrogens is 295 g/mol. The molecule has 2 rings (SSSR count). The molecule has 19 heavy (non-hydrogen) atoms. The number of alkyl halides is 3. The van der Waals surface area contributed by atoms with Crippen molar-refractivity contribution in [1.82, 2.24) is 0 Å². The van der Waals surface area contributed by atoms with Gasteiger partial charge in [-0.25, -0.2) is 4.40 Å². The molecule has 2 unspecified atom stereocenters. The van der Waals surface area contributed by atoms with E-state index in [2.05, 4.69) is 4.40 Å². The predicted octanol–water partition coefficient (Wildman–Crippen LogP) is 5.06. The van der Waals surface area contributed by atoms with E-state index in [0.717, 1.165) is 11.1 Å². The molecule has 1 aromatic rings. The van der Waals surface area contributed by atoms with Crippen LogP contribution in [0.15, 0.2) is 22.6 Å². The predicted molar refractivity (Wildman–Crippen MR) is 73.9 cm³/mol. The van der Waals surface area contributed by atoms with Crippen molar-refractivity contribution in [3.8, 4) is 0 Å². The lowest BCUT2D eigenvalue weighted by atomic mass is 9.90. The van der Waals surface area contributed by atoms with Crippen LogP contribution in [-0.4, -0.2) is 17.1 Å². The van der Waals surface area contributed by atoms with Crippen molar-refractivity contribution in [1.29, 1.82) is 0 Å². The molecule has 0 bridgehead atoms. The minimum atomic E-state index is -4.22. The Bertz CT molecular complexity index is 513. The summed E-state index contributed by atoms with van der Waals surface area (Å²) in [6.07, 6.45) is -3.81. The van der Waals surface area contributed by atoms with Gasteiger partial charge in [-0.1, -0.05) is 24.6 Å². The van der Waals surface area contributed by atoms with Crippen LogP contribution in [0.4, 0.5) is 13.2 Å². The van der Waals surface area contributed by atoms with Gasteiger partial charge >= 0.3 is 6.18 Å². The van der Waals surface area contributed by atoms with Gasteiger partial charge in [-0.15, -0.1) is 0 Å². The van der Waals surface area contributed by atoms with Crippen molar-refractivity contribution in [2.75, 3.05) is 0 Å². The molecule has 1 aliphatic heterocycles. The lowest BCUT2D eigenvalue weighted by Gasteiger charge is -2.21. The van der Waals surface area contributed by atoms with E-state index in [4.69, 9.17) is 11.6 Å². The van der Waals surface area contributed by atoms with Crippen LogP contribution in [0, 0.1) is 12.8 Å². The lowest BCUT2D eigenvalue weighted by Crippen LogP contribution is -2.34. The highest BCUT2D eigenvalue weighted by Crippen LogP contribution is 2.44. The summed E-state index contributed by atoms with van der Waals surface area (Å²) in [7, 11) is 0.